The highest BCUT2D eigenvalue weighted by atomic mass is 15.2. The van der Waals surface area contributed by atoms with Gasteiger partial charge in [-0.25, -0.2) is 9.97 Å². The monoisotopic (exact) mass is 233 g/mol. The molecule has 0 bridgehead atoms. The van der Waals surface area contributed by atoms with Crippen LogP contribution in [-0.4, -0.2) is 29.6 Å². The fourth-order valence-electron chi connectivity index (χ4n) is 1.38. The average Bonchev–Trinajstić information content (AvgIpc) is 2.36. The zero-order chi connectivity index (χ0) is 12.7. The van der Waals surface area contributed by atoms with E-state index in [2.05, 4.69) is 28.3 Å². The molecule has 0 aromatic carbocycles. The van der Waals surface area contributed by atoms with Crippen LogP contribution < -0.4 is 10.2 Å². The third-order valence-electron chi connectivity index (χ3n) is 2.62. The summed E-state index contributed by atoms with van der Waals surface area (Å²) in [6.45, 7) is 5.01. The quantitative estimate of drug-likeness (QED) is 0.814. The molecule has 1 atom stereocenters. The number of nitrogens with zero attached hydrogens (tertiary/aromatic N) is 4. The molecule has 0 aliphatic carbocycles. The van der Waals surface area contributed by atoms with Gasteiger partial charge in [-0.3, -0.25) is 0 Å². The Labute approximate surface area is 102 Å². The molecular formula is C12H19N5. The van der Waals surface area contributed by atoms with E-state index >= 15 is 0 Å². The lowest BCUT2D eigenvalue weighted by Gasteiger charge is -2.24. The molecule has 5 nitrogen and oxygen atoms in total. The van der Waals surface area contributed by atoms with Gasteiger partial charge in [-0.1, -0.05) is 6.92 Å². The smallest absolute Gasteiger partial charge is 0.134 e. The van der Waals surface area contributed by atoms with Crippen LogP contribution in [0, 0.1) is 11.3 Å². The molecule has 0 fully saturated rings. The second-order valence-electron chi connectivity index (χ2n) is 4.01. The van der Waals surface area contributed by atoms with Crippen molar-refractivity contribution in [3.05, 3.63) is 12.4 Å². The van der Waals surface area contributed by atoms with Crippen LogP contribution in [0.3, 0.4) is 0 Å². The Balaban J connectivity index is 2.73. The minimum Gasteiger partial charge on any atom is -0.370 e. The molecule has 1 rings (SSSR count). The van der Waals surface area contributed by atoms with Gasteiger partial charge in [0.15, 0.2) is 0 Å². The second kappa shape index (κ2) is 6.69. The largest absolute Gasteiger partial charge is 0.370 e. The van der Waals surface area contributed by atoms with Crippen molar-refractivity contribution < 1.29 is 0 Å². The summed E-state index contributed by atoms with van der Waals surface area (Å²) < 4.78 is 0. The Morgan fingerprint density at radius 3 is 2.94 bits per heavy atom. The summed E-state index contributed by atoms with van der Waals surface area (Å²) in [6.07, 6.45) is 3.08. The van der Waals surface area contributed by atoms with Gasteiger partial charge in [-0.05, 0) is 13.3 Å². The summed E-state index contributed by atoms with van der Waals surface area (Å²) in [7, 11) is 1.94. The van der Waals surface area contributed by atoms with Crippen LogP contribution in [0.5, 0.6) is 0 Å². The van der Waals surface area contributed by atoms with Crippen LogP contribution in [0.2, 0.25) is 0 Å². The highest BCUT2D eigenvalue weighted by Gasteiger charge is 2.11. The van der Waals surface area contributed by atoms with E-state index < -0.39 is 0 Å². The fourth-order valence-corrected chi connectivity index (χ4v) is 1.38. The zero-order valence-corrected chi connectivity index (χ0v) is 10.6. The van der Waals surface area contributed by atoms with Crippen LogP contribution in [0.4, 0.5) is 11.6 Å². The molecule has 0 saturated carbocycles. The van der Waals surface area contributed by atoms with E-state index in [0.717, 1.165) is 24.6 Å². The van der Waals surface area contributed by atoms with Gasteiger partial charge < -0.3 is 10.2 Å². The van der Waals surface area contributed by atoms with Crippen molar-refractivity contribution >= 4 is 11.6 Å². The first-order valence-electron chi connectivity index (χ1n) is 5.84. The standard InChI is InChI=1S/C12H19N5/c1-4-7-14-11-8-12(16-9-15-11)17(3)10(2)5-6-13/h8-10H,4-5,7H2,1-3H3,(H,14,15,16). The maximum absolute atomic E-state index is 8.68. The Bertz CT molecular complexity index is 385. The van der Waals surface area contributed by atoms with Gasteiger partial charge in [-0.15, -0.1) is 0 Å². The second-order valence-corrected chi connectivity index (χ2v) is 4.01. The van der Waals surface area contributed by atoms with E-state index in [1.807, 2.05) is 24.9 Å². The molecule has 92 valence electrons. The molecule has 0 saturated heterocycles. The number of hydrogen-bond donors (Lipinski definition) is 1. The molecule has 1 heterocycles. The lowest BCUT2D eigenvalue weighted by molar-refractivity contribution is 0.693. The summed E-state index contributed by atoms with van der Waals surface area (Å²) >= 11 is 0. The number of nitriles is 1. The topological polar surface area (TPSA) is 64.8 Å². The first kappa shape index (κ1) is 13.2. The summed E-state index contributed by atoms with van der Waals surface area (Å²) in [6, 6.07) is 4.22. The Hall–Kier alpha value is -1.83. The van der Waals surface area contributed by atoms with Gasteiger partial charge in [0.05, 0.1) is 12.5 Å². The first-order chi connectivity index (χ1) is 8.19. The number of hydrogen-bond acceptors (Lipinski definition) is 5. The van der Waals surface area contributed by atoms with E-state index in [1.165, 1.54) is 0 Å². The Kier molecular flexibility index (Phi) is 5.21. The van der Waals surface area contributed by atoms with E-state index in [9.17, 15) is 0 Å². The molecule has 5 heteroatoms. The Morgan fingerprint density at radius 1 is 1.53 bits per heavy atom. The van der Waals surface area contributed by atoms with Crippen LogP contribution >= 0.6 is 0 Å². The van der Waals surface area contributed by atoms with Crippen molar-refractivity contribution in [3.63, 3.8) is 0 Å². The van der Waals surface area contributed by atoms with Crippen molar-refractivity contribution in [2.45, 2.75) is 32.7 Å². The SMILES string of the molecule is CCCNc1cc(N(C)C(C)CC#N)ncn1. The maximum atomic E-state index is 8.68. The number of nitrogens with one attached hydrogen (secondary N) is 1. The molecule has 1 aromatic heterocycles. The molecule has 0 spiro atoms. The summed E-state index contributed by atoms with van der Waals surface area (Å²) in [5.41, 5.74) is 0. The van der Waals surface area contributed by atoms with Gasteiger partial charge in [0.25, 0.3) is 0 Å². The van der Waals surface area contributed by atoms with E-state index in [-0.39, 0.29) is 6.04 Å². The maximum Gasteiger partial charge on any atom is 0.134 e. The molecule has 0 aliphatic heterocycles. The van der Waals surface area contributed by atoms with Crippen molar-refractivity contribution in [3.8, 4) is 6.07 Å². The van der Waals surface area contributed by atoms with E-state index in [1.54, 1.807) is 6.33 Å². The molecule has 17 heavy (non-hydrogen) atoms. The predicted octanol–water partition coefficient (Wildman–Crippen LogP) is 2.04. The highest BCUT2D eigenvalue weighted by Crippen LogP contribution is 2.16. The average molecular weight is 233 g/mol. The lowest BCUT2D eigenvalue weighted by Crippen LogP contribution is -2.29. The van der Waals surface area contributed by atoms with E-state index in [4.69, 9.17) is 5.26 Å². The van der Waals surface area contributed by atoms with E-state index in [0.29, 0.717) is 6.42 Å². The predicted molar refractivity (Wildman–Crippen MR) is 68.9 cm³/mol. The number of rotatable bonds is 6. The number of anilines is 2. The molecule has 1 unspecified atom stereocenters. The van der Waals surface area contributed by atoms with Crippen molar-refractivity contribution in [1.82, 2.24) is 9.97 Å². The Morgan fingerprint density at radius 2 is 2.29 bits per heavy atom. The first-order valence-corrected chi connectivity index (χ1v) is 5.84. The molecule has 0 amide bonds. The van der Waals surface area contributed by atoms with Gasteiger partial charge in [0.1, 0.15) is 18.0 Å². The lowest BCUT2D eigenvalue weighted by atomic mass is 10.2. The van der Waals surface area contributed by atoms with Crippen LogP contribution in [0.15, 0.2) is 12.4 Å². The summed E-state index contributed by atoms with van der Waals surface area (Å²) in [5, 5.41) is 11.9. The minimum atomic E-state index is 0.147. The van der Waals surface area contributed by atoms with Gasteiger partial charge in [0.2, 0.25) is 0 Å². The van der Waals surface area contributed by atoms with Crippen LogP contribution in [0.25, 0.3) is 0 Å². The van der Waals surface area contributed by atoms with Crippen molar-refractivity contribution in [2.75, 3.05) is 23.8 Å². The molecule has 0 aliphatic rings. The van der Waals surface area contributed by atoms with Crippen molar-refractivity contribution in [1.29, 1.82) is 5.26 Å². The molecule has 0 radical (unpaired) electrons. The minimum absolute atomic E-state index is 0.147. The molecule has 1 N–H and O–H groups in total. The van der Waals surface area contributed by atoms with Gasteiger partial charge in [0, 0.05) is 25.7 Å². The third kappa shape index (κ3) is 3.91. The highest BCUT2D eigenvalue weighted by molar-refractivity contribution is 5.48. The summed E-state index contributed by atoms with van der Waals surface area (Å²) in [4.78, 5) is 10.4. The van der Waals surface area contributed by atoms with Crippen LogP contribution in [-0.2, 0) is 0 Å². The summed E-state index contributed by atoms with van der Waals surface area (Å²) in [5.74, 6) is 1.66. The zero-order valence-electron chi connectivity index (χ0n) is 10.6. The van der Waals surface area contributed by atoms with Crippen molar-refractivity contribution in [2.24, 2.45) is 0 Å². The molecular weight excluding hydrogens is 214 g/mol. The normalized spacial score (nSPS) is 11.6. The fraction of sp³-hybridized carbons (Fsp3) is 0.583. The third-order valence-corrected chi connectivity index (χ3v) is 2.62. The van der Waals surface area contributed by atoms with Crippen LogP contribution in [0.1, 0.15) is 26.7 Å². The van der Waals surface area contributed by atoms with Gasteiger partial charge in [-0.2, -0.15) is 5.26 Å². The van der Waals surface area contributed by atoms with Gasteiger partial charge >= 0.3 is 0 Å². The molecule has 1 aromatic rings. The number of aromatic nitrogens is 2.